The summed E-state index contributed by atoms with van der Waals surface area (Å²) in [4.78, 5) is 68.6. The highest BCUT2D eigenvalue weighted by atomic mass is 35.5. The van der Waals surface area contributed by atoms with Crippen LogP contribution in [0.15, 0.2) is 60.7 Å². The number of rotatable bonds is 5. The molecule has 2 fully saturated rings. The molecule has 2 aliphatic rings. The number of urea groups is 1. The Hall–Kier alpha value is -4.92. The van der Waals surface area contributed by atoms with Crippen molar-refractivity contribution in [1.82, 2.24) is 9.80 Å². The molecule has 212 valence electrons. The number of hydrogen-bond donors (Lipinski definition) is 2. The number of anilines is 1. The number of halogens is 2. The Morgan fingerprint density at radius 2 is 1.57 bits per heavy atom. The van der Waals surface area contributed by atoms with Gasteiger partial charge in [-0.1, -0.05) is 35.3 Å². The van der Waals surface area contributed by atoms with E-state index in [1.54, 1.807) is 24.3 Å². The second-order valence-electron chi connectivity index (χ2n) is 9.88. The van der Waals surface area contributed by atoms with Gasteiger partial charge in [0.05, 0.1) is 40.6 Å². The highest BCUT2D eigenvalue weighted by Crippen LogP contribution is 2.47. The molecule has 1 spiro atoms. The maximum atomic E-state index is 14.3. The lowest BCUT2D eigenvalue weighted by Gasteiger charge is -2.33. The summed E-state index contributed by atoms with van der Waals surface area (Å²) >= 11 is 12.3. The van der Waals surface area contributed by atoms with Crippen LogP contribution in [0.1, 0.15) is 48.1 Å². The molecule has 0 saturated carbocycles. The molecule has 4 amide bonds. The van der Waals surface area contributed by atoms with Crippen molar-refractivity contribution in [2.45, 2.75) is 11.5 Å². The van der Waals surface area contributed by atoms with Gasteiger partial charge in [-0.25, -0.2) is 19.3 Å². The minimum Gasteiger partial charge on any atom is -0.478 e. The first-order valence-electron chi connectivity index (χ1n) is 12.4. The van der Waals surface area contributed by atoms with Crippen LogP contribution in [0.5, 0.6) is 0 Å². The van der Waals surface area contributed by atoms with Crippen molar-refractivity contribution in [2.24, 2.45) is 0 Å². The average Bonchev–Trinajstić information content (AvgIpc) is 3.44. The number of carboxylic acids is 2. The Kier molecular flexibility index (Phi) is 7.14. The van der Waals surface area contributed by atoms with Gasteiger partial charge in [-0.2, -0.15) is 5.26 Å². The predicted octanol–water partition coefficient (Wildman–Crippen LogP) is 4.34. The largest absolute Gasteiger partial charge is 0.478 e. The van der Waals surface area contributed by atoms with Gasteiger partial charge in [-0.05, 0) is 54.1 Å². The predicted molar refractivity (Wildman–Crippen MR) is 150 cm³/mol. The van der Waals surface area contributed by atoms with Gasteiger partial charge in [-0.3, -0.25) is 9.59 Å². The van der Waals surface area contributed by atoms with E-state index in [2.05, 4.69) is 0 Å². The van der Waals surface area contributed by atoms with E-state index in [4.69, 9.17) is 23.2 Å². The van der Waals surface area contributed by atoms with Gasteiger partial charge in [0.2, 0.25) is 0 Å². The fraction of sp³-hybridized carbons (Fsp3) is 0.172. The standard InChI is InChI=1S/C29H20Cl2N4O7/c1-33-28(42)35(20-10-18(30)9-19(31)11-20)27(41)29(33)14-34(13-23(29)16-4-2-15(12-32)3-5-16)24(36)21-7-6-17(25(37)38)8-22(21)26(39)40/h2-11,23H,13-14H2,1H3,(H,37,38)(H,39,40)/t23-,29+/m0/s1. The van der Waals surface area contributed by atoms with Crippen LogP contribution >= 0.6 is 23.2 Å². The summed E-state index contributed by atoms with van der Waals surface area (Å²) in [5.41, 5.74) is -1.69. The van der Waals surface area contributed by atoms with Crippen molar-refractivity contribution in [2.75, 3.05) is 25.0 Å². The van der Waals surface area contributed by atoms with Crippen LogP contribution in [-0.4, -0.2) is 75.5 Å². The molecule has 11 nitrogen and oxygen atoms in total. The van der Waals surface area contributed by atoms with Crippen LogP contribution in [0.2, 0.25) is 10.0 Å². The van der Waals surface area contributed by atoms with Crippen molar-refractivity contribution in [3.63, 3.8) is 0 Å². The van der Waals surface area contributed by atoms with E-state index in [9.17, 15) is 39.4 Å². The zero-order chi connectivity index (χ0) is 30.5. The smallest absolute Gasteiger partial charge is 0.336 e. The fourth-order valence-corrected chi connectivity index (χ4v) is 6.09. The van der Waals surface area contributed by atoms with E-state index in [-0.39, 0.29) is 39.9 Å². The summed E-state index contributed by atoms with van der Waals surface area (Å²) in [6.07, 6.45) is 0. The normalized spacial score (nSPS) is 19.9. The van der Waals surface area contributed by atoms with Gasteiger partial charge < -0.3 is 20.0 Å². The number of carboxylic acid groups (broad SMARTS) is 2. The van der Waals surface area contributed by atoms with Gasteiger partial charge in [0, 0.05) is 29.6 Å². The molecule has 2 atom stereocenters. The molecule has 3 aromatic carbocycles. The lowest BCUT2D eigenvalue weighted by Crippen LogP contribution is -2.54. The van der Waals surface area contributed by atoms with E-state index < -0.39 is 46.8 Å². The Morgan fingerprint density at radius 3 is 2.14 bits per heavy atom. The summed E-state index contributed by atoms with van der Waals surface area (Å²) < 4.78 is 0. The summed E-state index contributed by atoms with van der Waals surface area (Å²) in [5, 5.41) is 28.7. The van der Waals surface area contributed by atoms with Crippen molar-refractivity contribution in [3.05, 3.63) is 98.5 Å². The highest BCUT2D eigenvalue weighted by Gasteiger charge is 2.65. The molecule has 13 heteroatoms. The van der Waals surface area contributed by atoms with Crippen LogP contribution in [0.4, 0.5) is 10.5 Å². The Morgan fingerprint density at radius 1 is 0.929 bits per heavy atom. The highest BCUT2D eigenvalue weighted by molar-refractivity contribution is 6.36. The van der Waals surface area contributed by atoms with Crippen LogP contribution < -0.4 is 4.90 Å². The molecular weight excluding hydrogens is 587 g/mol. The van der Waals surface area contributed by atoms with Crippen molar-refractivity contribution < 1.29 is 34.2 Å². The molecule has 2 saturated heterocycles. The van der Waals surface area contributed by atoms with Crippen LogP contribution in [0.25, 0.3) is 0 Å². The van der Waals surface area contributed by atoms with Gasteiger partial charge in [0.25, 0.3) is 11.8 Å². The van der Waals surface area contributed by atoms with Crippen LogP contribution in [-0.2, 0) is 4.79 Å². The summed E-state index contributed by atoms with van der Waals surface area (Å²) in [6.45, 7) is -0.403. The molecule has 5 rings (SSSR count). The summed E-state index contributed by atoms with van der Waals surface area (Å²) in [6, 6.07) is 15.1. The molecule has 42 heavy (non-hydrogen) atoms. The monoisotopic (exact) mass is 606 g/mol. The molecule has 0 aliphatic carbocycles. The molecule has 0 radical (unpaired) electrons. The van der Waals surface area contributed by atoms with Crippen LogP contribution in [0, 0.1) is 11.3 Å². The third kappa shape index (κ3) is 4.51. The van der Waals surface area contributed by atoms with Crippen molar-refractivity contribution >= 4 is 58.7 Å². The third-order valence-corrected chi connectivity index (χ3v) is 8.06. The number of carbonyl (C=O) groups is 5. The van der Waals surface area contributed by atoms with Crippen molar-refractivity contribution in [1.29, 1.82) is 5.26 Å². The Labute approximate surface area is 248 Å². The number of aromatic carboxylic acids is 2. The van der Waals surface area contributed by atoms with Gasteiger partial charge in [-0.15, -0.1) is 0 Å². The van der Waals surface area contributed by atoms with Crippen molar-refractivity contribution in [3.8, 4) is 6.07 Å². The molecule has 2 N–H and O–H groups in total. The lowest BCUT2D eigenvalue weighted by atomic mass is 9.80. The molecule has 3 aromatic rings. The van der Waals surface area contributed by atoms with E-state index in [1.807, 2.05) is 6.07 Å². The molecule has 2 aliphatic heterocycles. The first-order chi connectivity index (χ1) is 19.9. The number of carbonyl (C=O) groups excluding carboxylic acids is 3. The van der Waals surface area contributed by atoms with Crippen LogP contribution in [0.3, 0.4) is 0 Å². The number of amides is 4. The van der Waals surface area contributed by atoms with Gasteiger partial charge in [0.15, 0.2) is 0 Å². The number of imide groups is 1. The SMILES string of the molecule is CN1C(=O)N(c2cc(Cl)cc(Cl)c2)C(=O)[C@]12CN(C(=O)c1ccc(C(=O)O)cc1C(=O)O)C[C@H]2c1ccc(C#N)cc1. The molecule has 0 aromatic heterocycles. The van der Waals surface area contributed by atoms with E-state index in [1.165, 1.54) is 35.0 Å². The van der Waals surface area contributed by atoms with E-state index in [0.29, 0.717) is 11.1 Å². The number of nitrogens with zero attached hydrogens (tertiary/aromatic N) is 4. The molecule has 0 bridgehead atoms. The number of benzene rings is 3. The quantitative estimate of drug-likeness (QED) is 0.406. The maximum absolute atomic E-state index is 14.3. The molecule has 2 heterocycles. The average molecular weight is 607 g/mol. The first kappa shape index (κ1) is 28.6. The first-order valence-corrected chi connectivity index (χ1v) is 13.1. The zero-order valence-corrected chi connectivity index (χ0v) is 23.3. The van der Waals surface area contributed by atoms with E-state index in [0.717, 1.165) is 23.1 Å². The minimum absolute atomic E-state index is 0.0992. The maximum Gasteiger partial charge on any atom is 0.336 e. The Bertz CT molecular complexity index is 1720. The number of nitriles is 1. The number of hydrogen-bond acceptors (Lipinski definition) is 6. The third-order valence-electron chi connectivity index (χ3n) is 7.62. The minimum atomic E-state index is -1.62. The Balaban J connectivity index is 1.63. The lowest BCUT2D eigenvalue weighted by molar-refractivity contribution is -0.124. The second kappa shape index (κ2) is 10.5. The fourth-order valence-electron chi connectivity index (χ4n) is 5.57. The molecular formula is C29H20Cl2N4O7. The topological polar surface area (TPSA) is 159 Å². The van der Waals surface area contributed by atoms with Gasteiger partial charge in [0.1, 0.15) is 5.54 Å². The van der Waals surface area contributed by atoms with Gasteiger partial charge >= 0.3 is 18.0 Å². The zero-order valence-electron chi connectivity index (χ0n) is 21.7. The summed E-state index contributed by atoms with van der Waals surface area (Å²) in [5.74, 6) is -5.08. The molecule has 0 unspecified atom stereocenters. The number of likely N-dealkylation sites (N-methyl/N-ethyl adjacent to an activating group) is 1. The second-order valence-corrected chi connectivity index (χ2v) is 10.7. The van der Waals surface area contributed by atoms with E-state index >= 15 is 0 Å². The number of likely N-dealkylation sites (tertiary alicyclic amines) is 1. The summed E-state index contributed by atoms with van der Waals surface area (Å²) in [7, 11) is 1.43.